The van der Waals surface area contributed by atoms with Crippen LogP contribution in [-0.4, -0.2) is 14.9 Å². The molecule has 0 spiro atoms. The maximum atomic E-state index is 10.4. The molecule has 0 aliphatic carbocycles. The number of hydrogen-bond acceptors (Lipinski definition) is 2. The number of nitrogens with zero attached hydrogens (tertiary/aromatic N) is 2. The lowest BCUT2D eigenvalue weighted by Crippen LogP contribution is -1.96. The highest BCUT2D eigenvalue weighted by Gasteiger charge is 2.16. The van der Waals surface area contributed by atoms with Gasteiger partial charge in [0.25, 0.3) is 0 Å². The highest BCUT2D eigenvalue weighted by molar-refractivity contribution is 5.40. The topological polar surface area (TPSA) is 38.0 Å². The molecule has 0 radical (unpaired) electrons. The van der Waals surface area contributed by atoms with Gasteiger partial charge in [-0.1, -0.05) is 44.9 Å². The molecule has 1 aromatic carbocycles. The summed E-state index contributed by atoms with van der Waals surface area (Å²) in [5, 5.41) is 15.0. The van der Waals surface area contributed by atoms with Gasteiger partial charge in [0.1, 0.15) is 0 Å². The van der Waals surface area contributed by atoms with Crippen molar-refractivity contribution in [1.29, 1.82) is 0 Å². The van der Waals surface area contributed by atoms with Crippen molar-refractivity contribution < 1.29 is 5.11 Å². The van der Waals surface area contributed by atoms with Gasteiger partial charge in [-0.15, -0.1) is 0 Å². The van der Waals surface area contributed by atoms with E-state index in [0.29, 0.717) is 5.88 Å². The molecule has 3 nitrogen and oxygen atoms in total. The van der Waals surface area contributed by atoms with Gasteiger partial charge in [-0.05, 0) is 31.4 Å². The van der Waals surface area contributed by atoms with Crippen LogP contribution < -0.4 is 0 Å². The quantitative estimate of drug-likeness (QED) is 0.854. The molecular weight excluding hydrogens is 236 g/mol. The number of hydrogen-bond donors (Lipinski definition) is 1. The van der Waals surface area contributed by atoms with Crippen molar-refractivity contribution in [3.05, 3.63) is 41.6 Å². The fourth-order valence-electron chi connectivity index (χ4n) is 2.29. The van der Waals surface area contributed by atoms with Crippen LogP contribution in [0.2, 0.25) is 0 Å². The summed E-state index contributed by atoms with van der Waals surface area (Å²) in [6.45, 7) is 4.30. The monoisotopic (exact) mass is 258 g/mol. The summed E-state index contributed by atoms with van der Waals surface area (Å²) in [7, 11) is 0. The minimum atomic E-state index is 0.305. The van der Waals surface area contributed by atoms with Gasteiger partial charge in [0.15, 0.2) is 0 Å². The first-order valence-corrected chi connectivity index (χ1v) is 7.13. The van der Waals surface area contributed by atoms with Crippen LogP contribution in [0.1, 0.15) is 44.4 Å². The van der Waals surface area contributed by atoms with Crippen molar-refractivity contribution >= 4 is 0 Å². The first-order valence-electron chi connectivity index (χ1n) is 7.13. The lowest BCUT2D eigenvalue weighted by Gasteiger charge is -2.02. The molecule has 19 heavy (non-hydrogen) atoms. The van der Waals surface area contributed by atoms with Crippen LogP contribution in [0, 0.1) is 0 Å². The molecule has 0 atom stereocenters. The molecule has 0 saturated heterocycles. The maximum absolute atomic E-state index is 10.4. The predicted octanol–water partition coefficient (Wildman–Crippen LogP) is 3.87. The van der Waals surface area contributed by atoms with E-state index in [0.717, 1.165) is 49.0 Å². The Hall–Kier alpha value is -1.77. The Morgan fingerprint density at radius 2 is 1.79 bits per heavy atom. The molecular formula is C16H22N2O. The van der Waals surface area contributed by atoms with E-state index in [1.165, 1.54) is 0 Å². The number of unbranched alkanes of at least 4 members (excludes halogenated alkanes) is 1. The Morgan fingerprint density at radius 1 is 1.05 bits per heavy atom. The zero-order chi connectivity index (χ0) is 13.7. The SMILES string of the molecule is CCCCc1nn(-c2ccccc2)c(O)c1CCC. The Kier molecular flexibility index (Phi) is 4.61. The molecule has 102 valence electrons. The summed E-state index contributed by atoms with van der Waals surface area (Å²) in [6.07, 6.45) is 5.11. The van der Waals surface area contributed by atoms with E-state index in [9.17, 15) is 5.11 Å². The second-order valence-electron chi connectivity index (χ2n) is 4.85. The predicted molar refractivity (Wildman–Crippen MR) is 77.8 cm³/mol. The largest absolute Gasteiger partial charge is 0.493 e. The molecule has 2 rings (SSSR count). The van der Waals surface area contributed by atoms with E-state index in [-0.39, 0.29) is 0 Å². The Morgan fingerprint density at radius 3 is 2.42 bits per heavy atom. The van der Waals surface area contributed by atoms with Gasteiger partial charge in [0.2, 0.25) is 5.88 Å². The molecule has 0 unspecified atom stereocenters. The van der Waals surface area contributed by atoms with E-state index in [1.807, 2.05) is 30.3 Å². The van der Waals surface area contributed by atoms with E-state index >= 15 is 0 Å². The summed E-state index contributed by atoms with van der Waals surface area (Å²) in [5.41, 5.74) is 2.98. The van der Waals surface area contributed by atoms with Gasteiger partial charge < -0.3 is 5.11 Å². The van der Waals surface area contributed by atoms with Crippen molar-refractivity contribution in [2.24, 2.45) is 0 Å². The zero-order valence-electron chi connectivity index (χ0n) is 11.8. The molecule has 0 aliphatic rings. The van der Waals surface area contributed by atoms with Crippen molar-refractivity contribution in [2.45, 2.75) is 46.0 Å². The fourth-order valence-corrected chi connectivity index (χ4v) is 2.29. The number of para-hydroxylation sites is 1. The van der Waals surface area contributed by atoms with Crippen LogP contribution in [0.4, 0.5) is 0 Å². The molecule has 1 aromatic heterocycles. The molecule has 3 heteroatoms. The van der Waals surface area contributed by atoms with Gasteiger partial charge >= 0.3 is 0 Å². The van der Waals surface area contributed by atoms with Crippen LogP contribution >= 0.6 is 0 Å². The smallest absolute Gasteiger partial charge is 0.217 e. The second kappa shape index (κ2) is 6.41. The molecule has 2 aromatic rings. The standard InChI is InChI=1S/C16H22N2O/c1-3-5-12-15-14(9-4-2)16(19)18(17-15)13-10-7-6-8-11-13/h6-8,10-11,19H,3-5,9,12H2,1-2H3. The van der Waals surface area contributed by atoms with Gasteiger partial charge in [0.05, 0.1) is 11.4 Å². The Bertz CT molecular complexity index is 517. The lowest BCUT2D eigenvalue weighted by atomic mass is 10.1. The first kappa shape index (κ1) is 13.7. The van der Waals surface area contributed by atoms with Crippen LogP contribution in [0.25, 0.3) is 5.69 Å². The summed E-state index contributed by atoms with van der Waals surface area (Å²) in [6, 6.07) is 9.82. The summed E-state index contributed by atoms with van der Waals surface area (Å²) in [5.74, 6) is 0.305. The highest BCUT2D eigenvalue weighted by atomic mass is 16.3. The third kappa shape index (κ3) is 2.98. The number of aromatic nitrogens is 2. The van der Waals surface area contributed by atoms with Gasteiger partial charge in [-0.3, -0.25) is 0 Å². The van der Waals surface area contributed by atoms with E-state index in [1.54, 1.807) is 4.68 Å². The third-order valence-corrected chi connectivity index (χ3v) is 3.31. The van der Waals surface area contributed by atoms with Crippen LogP contribution in [-0.2, 0) is 12.8 Å². The molecule has 1 heterocycles. The normalized spacial score (nSPS) is 10.8. The van der Waals surface area contributed by atoms with Crippen molar-refractivity contribution in [2.75, 3.05) is 0 Å². The van der Waals surface area contributed by atoms with Crippen LogP contribution in [0.5, 0.6) is 5.88 Å². The maximum Gasteiger partial charge on any atom is 0.217 e. The molecule has 0 aliphatic heterocycles. The molecule has 1 N–H and O–H groups in total. The molecule has 0 bridgehead atoms. The third-order valence-electron chi connectivity index (χ3n) is 3.31. The number of aryl methyl sites for hydroxylation is 1. The lowest BCUT2D eigenvalue weighted by molar-refractivity contribution is 0.427. The number of rotatable bonds is 6. The average molecular weight is 258 g/mol. The average Bonchev–Trinajstić information content (AvgIpc) is 2.75. The summed E-state index contributed by atoms with van der Waals surface area (Å²) < 4.78 is 1.66. The van der Waals surface area contributed by atoms with Crippen LogP contribution in [0.3, 0.4) is 0 Å². The van der Waals surface area contributed by atoms with Crippen molar-refractivity contribution in [3.63, 3.8) is 0 Å². The molecule has 0 amide bonds. The molecule has 0 saturated carbocycles. The van der Waals surface area contributed by atoms with Crippen LogP contribution in [0.15, 0.2) is 30.3 Å². The number of aromatic hydroxyl groups is 1. The van der Waals surface area contributed by atoms with Crippen molar-refractivity contribution in [1.82, 2.24) is 9.78 Å². The Labute approximate surface area is 114 Å². The van der Waals surface area contributed by atoms with E-state index in [4.69, 9.17) is 0 Å². The van der Waals surface area contributed by atoms with Crippen molar-refractivity contribution in [3.8, 4) is 11.6 Å². The highest BCUT2D eigenvalue weighted by Crippen LogP contribution is 2.27. The Balaban J connectivity index is 2.39. The van der Waals surface area contributed by atoms with E-state index < -0.39 is 0 Å². The fraction of sp³-hybridized carbons (Fsp3) is 0.438. The zero-order valence-corrected chi connectivity index (χ0v) is 11.8. The first-order chi connectivity index (χ1) is 9.27. The minimum absolute atomic E-state index is 0.305. The number of benzene rings is 1. The minimum Gasteiger partial charge on any atom is -0.493 e. The van der Waals surface area contributed by atoms with Gasteiger partial charge in [0, 0.05) is 5.56 Å². The second-order valence-corrected chi connectivity index (χ2v) is 4.85. The van der Waals surface area contributed by atoms with Gasteiger partial charge in [-0.2, -0.15) is 5.10 Å². The summed E-state index contributed by atoms with van der Waals surface area (Å²) in [4.78, 5) is 0. The molecule has 0 fully saturated rings. The van der Waals surface area contributed by atoms with E-state index in [2.05, 4.69) is 18.9 Å². The summed E-state index contributed by atoms with van der Waals surface area (Å²) >= 11 is 0. The van der Waals surface area contributed by atoms with Gasteiger partial charge in [-0.25, -0.2) is 4.68 Å².